The second kappa shape index (κ2) is 7.82. The largest absolute Gasteiger partial charge is 0.495 e. The first-order chi connectivity index (χ1) is 10.6. The molecule has 1 aromatic carbocycles. The lowest BCUT2D eigenvalue weighted by Gasteiger charge is -2.08. The third kappa shape index (κ3) is 4.47. The van der Waals surface area contributed by atoms with Crippen LogP contribution in [0, 0.1) is 0 Å². The van der Waals surface area contributed by atoms with E-state index in [0.717, 1.165) is 0 Å². The molecule has 0 saturated carbocycles. The van der Waals surface area contributed by atoms with E-state index in [2.05, 4.69) is 10.6 Å². The van der Waals surface area contributed by atoms with Crippen molar-refractivity contribution in [2.24, 2.45) is 0 Å². The Bertz CT molecular complexity index is 659. The lowest BCUT2D eigenvalue weighted by molar-refractivity contribution is -0.116. The van der Waals surface area contributed by atoms with Gasteiger partial charge in [-0.3, -0.25) is 9.59 Å². The van der Waals surface area contributed by atoms with Crippen LogP contribution in [0.15, 0.2) is 35.0 Å². The third-order valence-corrected chi connectivity index (χ3v) is 3.84. The first-order valence-electron chi connectivity index (χ1n) is 6.54. The van der Waals surface area contributed by atoms with Gasteiger partial charge in [-0.05, 0) is 29.6 Å². The summed E-state index contributed by atoms with van der Waals surface area (Å²) >= 11 is 7.43. The number of methoxy groups -OCH3 is 1. The minimum absolute atomic E-state index is 0.179. The number of nitrogens with one attached hydrogen (secondary N) is 2. The van der Waals surface area contributed by atoms with E-state index in [4.69, 9.17) is 16.3 Å². The Morgan fingerprint density at radius 1 is 1.32 bits per heavy atom. The summed E-state index contributed by atoms with van der Waals surface area (Å²) in [6.45, 7) is 0.268. The maximum atomic E-state index is 11.8. The van der Waals surface area contributed by atoms with E-state index >= 15 is 0 Å². The van der Waals surface area contributed by atoms with Gasteiger partial charge >= 0.3 is 0 Å². The molecule has 7 heteroatoms. The average molecular weight is 339 g/mol. The van der Waals surface area contributed by atoms with E-state index < -0.39 is 0 Å². The number of carbonyl (C=O) groups excluding carboxylic acids is 2. The molecule has 1 aromatic heterocycles. The molecule has 5 nitrogen and oxygen atoms in total. The molecule has 0 fully saturated rings. The molecule has 0 aliphatic rings. The summed E-state index contributed by atoms with van der Waals surface area (Å²) < 4.78 is 5.04. The van der Waals surface area contributed by atoms with Crippen molar-refractivity contribution in [1.82, 2.24) is 5.32 Å². The van der Waals surface area contributed by atoms with Crippen molar-refractivity contribution in [2.75, 3.05) is 19.0 Å². The van der Waals surface area contributed by atoms with E-state index in [1.54, 1.807) is 29.6 Å². The van der Waals surface area contributed by atoms with Crippen molar-refractivity contribution in [3.63, 3.8) is 0 Å². The predicted molar refractivity (Wildman–Crippen MR) is 87.9 cm³/mol. The van der Waals surface area contributed by atoms with Gasteiger partial charge in [0.25, 0.3) is 5.91 Å². The van der Waals surface area contributed by atoms with E-state index in [1.807, 2.05) is 5.38 Å². The summed E-state index contributed by atoms with van der Waals surface area (Å²) in [5.41, 5.74) is 1.19. The molecule has 0 atom stereocenters. The molecular formula is C15H15ClN2O3S. The summed E-state index contributed by atoms with van der Waals surface area (Å²) in [4.78, 5) is 23.5. The van der Waals surface area contributed by atoms with Gasteiger partial charge in [0.05, 0.1) is 12.1 Å². The second-order valence-electron chi connectivity index (χ2n) is 4.42. The first-order valence-corrected chi connectivity index (χ1v) is 7.86. The summed E-state index contributed by atoms with van der Waals surface area (Å²) in [5, 5.41) is 9.42. The molecule has 116 valence electrons. The maximum Gasteiger partial charge on any atom is 0.252 e. The van der Waals surface area contributed by atoms with Crippen LogP contribution >= 0.6 is 22.9 Å². The van der Waals surface area contributed by atoms with Gasteiger partial charge in [0.1, 0.15) is 5.75 Å². The fraction of sp³-hybridized carbons (Fsp3) is 0.200. The third-order valence-electron chi connectivity index (χ3n) is 2.86. The Morgan fingerprint density at radius 2 is 2.14 bits per heavy atom. The van der Waals surface area contributed by atoms with Crippen LogP contribution in [-0.4, -0.2) is 25.5 Å². The molecule has 2 aromatic rings. The molecule has 22 heavy (non-hydrogen) atoms. The molecule has 0 unspecified atom stereocenters. The quantitative estimate of drug-likeness (QED) is 0.850. The van der Waals surface area contributed by atoms with Crippen LogP contribution in [0.25, 0.3) is 0 Å². The zero-order valence-corrected chi connectivity index (χ0v) is 13.5. The highest BCUT2D eigenvalue weighted by atomic mass is 35.5. The SMILES string of the molecule is COc1ccc(NC(=O)CCNC(=O)c2ccsc2)cc1Cl. The molecular weight excluding hydrogens is 324 g/mol. The standard InChI is InChI=1S/C15H15ClN2O3S/c1-21-13-3-2-11(8-12(13)16)18-14(19)4-6-17-15(20)10-5-7-22-9-10/h2-3,5,7-9H,4,6H2,1H3,(H,17,20)(H,18,19). The van der Waals surface area contributed by atoms with Gasteiger partial charge in [-0.15, -0.1) is 0 Å². The molecule has 2 rings (SSSR count). The van der Waals surface area contributed by atoms with Gasteiger partial charge in [-0.2, -0.15) is 11.3 Å². The molecule has 2 N–H and O–H groups in total. The summed E-state index contributed by atoms with van der Waals surface area (Å²) in [6.07, 6.45) is 0.180. The molecule has 0 saturated heterocycles. The number of halogens is 1. The number of benzene rings is 1. The van der Waals surface area contributed by atoms with E-state index in [1.165, 1.54) is 18.4 Å². The van der Waals surface area contributed by atoms with E-state index in [-0.39, 0.29) is 24.8 Å². The molecule has 0 radical (unpaired) electrons. The highest BCUT2D eigenvalue weighted by Gasteiger charge is 2.08. The van der Waals surface area contributed by atoms with Gasteiger partial charge in [0, 0.05) is 29.6 Å². The predicted octanol–water partition coefficient (Wildman–Crippen LogP) is 3.17. The van der Waals surface area contributed by atoms with Crippen molar-refractivity contribution >= 4 is 40.4 Å². The number of anilines is 1. The number of carbonyl (C=O) groups is 2. The monoisotopic (exact) mass is 338 g/mol. The second-order valence-corrected chi connectivity index (χ2v) is 5.60. The zero-order valence-electron chi connectivity index (χ0n) is 11.9. The zero-order chi connectivity index (χ0) is 15.9. The highest BCUT2D eigenvalue weighted by Crippen LogP contribution is 2.27. The number of amides is 2. The summed E-state index contributed by atoms with van der Waals surface area (Å²) in [6, 6.07) is 6.73. The number of ether oxygens (including phenoxy) is 1. The minimum Gasteiger partial charge on any atom is -0.495 e. The van der Waals surface area contributed by atoms with Crippen LogP contribution < -0.4 is 15.4 Å². The van der Waals surface area contributed by atoms with Gasteiger partial charge in [0.2, 0.25) is 5.91 Å². The number of hydrogen-bond donors (Lipinski definition) is 2. The molecule has 0 spiro atoms. The summed E-state index contributed by atoms with van der Waals surface area (Å²) in [7, 11) is 1.52. The molecule has 0 aliphatic heterocycles. The Hall–Kier alpha value is -2.05. The Balaban J connectivity index is 1.78. The van der Waals surface area contributed by atoms with Gasteiger partial charge in [-0.1, -0.05) is 11.6 Å². The normalized spacial score (nSPS) is 10.1. The van der Waals surface area contributed by atoms with Crippen LogP contribution in [0.5, 0.6) is 5.75 Å². The van der Waals surface area contributed by atoms with Crippen molar-refractivity contribution in [3.05, 3.63) is 45.6 Å². The fourth-order valence-electron chi connectivity index (χ4n) is 1.75. The number of thiophene rings is 1. The van der Waals surface area contributed by atoms with Crippen LogP contribution in [0.2, 0.25) is 5.02 Å². The van der Waals surface area contributed by atoms with Gasteiger partial charge < -0.3 is 15.4 Å². The summed E-state index contributed by atoms with van der Waals surface area (Å²) in [5.74, 6) is 0.163. The molecule has 0 aliphatic carbocycles. The van der Waals surface area contributed by atoms with Crippen LogP contribution in [0.1, 0.15) is 16.8 Å². The molecule has 2 amide bonds. The first kappa shape index (κ1) is 16.3. The van der Waals surface area contributed by atoms with Gasteiger partial charge in [0.15, 0.2) is 0 Å². The number of hydrogen-bond acceptors (Lipinski definition) is 4. The highest BCUT2D eigenvalue weighted by molar-refractivity contribution is 7.08. The van der Waals surface area contributed by atoms with Crippen molar-refractivity contribution < 1.29 is 14.3 Å². The van der Waals surface area contributed by atoms with Crippen molar-refractivity contribution in [2.45, 2.75) is 6.42 Å². The Morgan fingerprint density at radius 3 is 2.77 bits per heavy atom. The smallest absolute Gasteiger partial charge is 0.252 e. The van der Waals surface area contributed by atoms with E-state index in [9.17, 15) is 9.59 Å². The van der Waals surface area contributed by atoms with E-state index in [0.29, 0.717) is 22.0 Å². The fourth-order valence-corrected chi connectivity index (χ4v) is 2.65. The van der Waals surface area contributed by atoms with Crippen LogP contribution in [0.4, 0.5) is 5.69 Å². The number of rotatable bonds is 6. The van der Waals surface area contributed by atoms with Crippen molar-refractivity contribution in [3.8, 4) is 5.75 Å². The van der Waals surface area contributed by atoms with Gasteiger partial charge in [-0.25, -0.2) is 0 Å². The van der Waals surface area contributed by atoms with Crippen LogP contribution in [0.3, 0.4) is 0 Å². The topological polar surface area (TPSA) is 67.4 Å². The molecule has 0 bridgehead atoms. The minimum atomic E-state index is -0.202. The molecule has 1 heterocycles. The maximum absolute atomic E-state index is 11.8. The van der Waals surface area contributed by atoms with Crippen LogP contribution in [-0.2, 0) is 4.79 Å². The van der Waals surface area contributed by atoms with Crippen molar-refractivity contribution in [1.29, 1.82) is 0 Å². The Labute approximate surface area is 137 Å². The lowest BCUT2D eigenvalue weighted by Crippen LogP contribution is -2.27. The average Bonchev–Trinajstić information content (AvgIpc) is 3.01. The Kier molecular flexibility index (Phi) is 5.80. The lowest BCUT2D eigenvalue weighted by atomic mass is 10.2.